The second kappa shape index (κ2) is 22.4. The first-order valence-corrected chi connectivity index (χ1v) is 25.5. The molecule has 0 spiro atoms. The minimum Gasteiger partial charge on any atom is -0.455 e. The van der Waals surface area contributed by atoms with E-state index in [9.17, 15) is 36.3 Å². The van der Waals surface area contributed by atoms with E-state index >= 15 is 4.79 Å². The molecule has 5 atom stereocenters. The van der Waals surface area contributed by atoms with E-state index in [4.69, 9.17) is 9.16 Å². The Bertz CT molecular complexity index is 1850. The van der Waals surface area contributed by atoms with Gasteiger partial charge in [0.2, 0.25) is 46.6 Å². The van der Waals surface area contributed by atoms with Crippen LogP contribution in [0.1, 0.15) is 142 Å². The summed E-state index contributed by atoms with van der Waals surface area (Å²) in [5.74, 6) is -16.7. The highest BCUT2D eigenvalue weighted by Gasteiger charge is 2.46. The fourth-order valence-electron chi connectivity index (χ4n) is 7.30. The summed E-state index contributed by atoms with van der Waals surface area (Å²) in [6.07, 6.45) is 4.28. The third kappa shape index (κ3) is 12.8. The standard InChI is InChI=1S/C44H67F5N4O7SSi/c1-13-15-16-17-21-53(40(55)37(27(5)14-2)51-42(57)44(10)19-18-20-52(44)22-23-58-62(11,12)43(7,8)9)30(26(3)4)24-31(59-28(6)54)39-50-29(25-61-39)41(56)60-38-35(48)33(46)32(45)34(47)36(38)49/h25-27,30-31,37H,13-24H2,1-12H3,(H,51,57)/t27-,30+,31+,37-,44+/m0/s1. The van der Waals surface area contributed by atoms with E-state index in [0.29, 0.717) is 39.0 Å². The summed E-state index contributed by atoms with van der Waals surface area (Å²) in [4.78, 5) is 63.1. The Balaban J connectivity index is 1.95. The number of rotatable bonds is 22. The molecule has 0 unspecified atom stereocenters. The summed E-state index contributed by atoms with van der Waals surface area (Å²) in [6, 6.07) is -1.48. The Kier molecular flexibility index (Phi) is 19.1. The molecule has 2 amide bonds. The number of nitrogens with one attached hydrogen (secondary N) is 1. The Morgan fingerprint density at radius 2 is 1.60 bits per heavy atom. The quantitative estimate of drug-likeness (QED) is 0.0234. The molecular weight excluding hydrogens is 852 g/mol. The van der Waals surface area contributed by atoms with E-state index in [0.717, 1.165) is 48.9 Å². The lowest BCUT2D eigenvalue weighted by Gasteiger charge is -2.41. The second-order valence-electron chi connectivity index (χ2n) is 18.4. The fourth-order valence-corrected chi connectivity index (χ4v) is 9.16. The summed E-state index contributed by atoms with van der Waals surface area (Å²) < 4.78 is 86.7. The zero-order valence-electron chi connectivity index (χ0n) is 38.4. The Labute approximate surface area is 369 Å². The second-order valence-corrected chi connectivity index (χ2v) is 24.1. The van der Waals surface area contributed by atoms with Crippen LogP contribution >= 0.6 is 11.3 Å². The topological polar surface area (TPSA) is 127 Å². The van der Waals surface area contributed by atoms with Crippen LogP contribution in [0.2, 0.25) is 18.1 Å². The number of likely N-dealkylation sites (tertiary alicyclic amines) is 1. The van der Waals surface area contributed by atoms with E-state index in [1.54, 1.807) is 4.90 Å². The Morgan fingerprint density at radius 3 is 2.15 bits per heavy atom. The maximum atomic E-state index is 15.1. The first kappa shape index (κ1) is 52.9. The SMILES string of the molecule is CCCCCCN(C(=O)[C@@H](NC(=O)[C@@]1(C)CCCN1CCO[Si](C)(C)C(C)(C)C)[C@@H](C)CC)[C@H](C[C@@H](OC(C)=O)c1nc(C(=O)Oc2c(F)c(F)c(F)c(F)c2F)cs1)C(C)C. The molecule has 0 bridgehead atoms. The molecule has 11 nitrogen and oxygen atoms in total. The van der Waals surface area contributed by atoms with Crippen molar-refractivity contribution in [2.75, 3.05) is 26.2 Å². The number of nitrogens with zero attached hydrogens (tertiary/aromatic N) is 3. The van der Waals surface area contributed by atoms with Gasteiger partial charge in [-0.25, -0.2) is 22.9 Å². The average Bonchev–Trinajstić information content (AvgIpc) is 3.85. The fraction of sp³-hybridized carbons (Fsp3) is 0.705. The molecule has 3 rings (SSSR count). The molecule has 2 aromatic rings. The molecule has 0 radical (unpaired) electrons. The first-order valence-electron chi connectivity index (χ1n) is 21.7. The first-order chi connectivity index (χ1) is 28.8. The number of aromatic nitrogens is 1. The molecule has 1 aliphatic heterocycles. The van der Waals surface area contributed by atoms with Gasteiger partial charge in [0.1, 0.15) is 11.0 Å². The molecule has 1 aromatic heterocycles. The van der Waals surface area contributed by atoms with Crippen LogP contribution in [0.4, 0.5) is 22.0 Å². The molecule has 0 aliphatic carbocycles. The third-order valence-corrected chi connectivity index (χ3v) is 18.0. The van der Waals surface area contributed by atoms with Crippen LogP contribution in [-0.2, 0) is 23.5 Å². The number of unbranched alkanes of at least 4 members (excludes halogenated alkanes) is 3. The van der Waals surface area contributed by atoms with Crippen LogP contribution in [-0.4, -0.2) is 90.7 Å². The lowest BCUT2D eigenvalue weighted by Crippen LogP contribution is -2.61. The molecule has 1 aromatic carbocycles. The number of amides is 2. The lowest BCUT2D eigenvalue weighted by molar-refractivity contribution is -0.150. The number of carbonyl (C=O) groups is 4. The number of ether oxygens (including phenoxy) is 2. The van der Waals surface area contributed by atoms with Crippen LogP contribution < -0.4 is 10.1 Å². The number of halogens is 5. The highest BCUT2D eigenvalue weighted by Crippen LogP contribution is 2.38. The highest BCUT2D eigenvalue weighted by atomic mass is 32.1. The van der Waals surface area contributed by atoms with Gasteiger partial charge in [0.05, 0.1) is 5.54 Å². The zero-order chi connectivity index (χ0) is 46.9. The summed E-state index contributed by atoms with van der Waals surface area (Å²) in [7, 11) is -2.02. The van der Waals surface area contributed by atoms with Crippen molar-refractivity contribution in [3.8, 4) is 5.75 Å². The molecule has 1 N–H and O–H groups in total. The molecular formula is C44H67F5N4O7SSi. The predicted molar refractivity (Wildman–Crippen MR) is 231 cm³/mol. The van der Waals surface area contributed by atoms with E-state index < -0.39 is 84.5 Å². The van der Waals surface area contributed by atoms with Gasteiger partial charge in [-0.1, -0.05) is 81.1 Å². The van der Waals surface area contributed by atoms with Crippen LogP contribution in [0.15, 0.2) is 5.38 Å². The smallest absolute Gasteiger partial charge is 0.363 e. The van der Waals surface area contributed by atoms with Gasteiger partial charge >= 0.3 is 11.9 Å². The van der Waals surface area contributed by atoms with Gasteiger partial charge in [0.15, 0.2) is 20.1 Å². The molecule has 1 aliphatic rings. The minimum atomic E-state index is -2.41. The van der Waals surface area contributed by atoms with E-state index in [2.05, 4.69) is 60.7 Å². The van der Waals surface area contributed by atoms with Gasteiger partial charge in [0, 0.05) is 44.5 Å². The van der Waals surface area contributed by atoms with Crippen molar-refractivity contribution in [3.63, 3.8) is 0 Å². The van der Waals surface area contributed by atoms with Crippen LogP contribution in [0.5, 0.6) is 5.75 Å². The van der Waals surface area contributed by atoms with E-state index in [-0.39, 0.29) is 40.1 Å². The number of hydrogen-bond donors (Lipinski definition) is 1. The van der Waals surface area contributed by atoms with Gasteiger partial charge in [-0.2, -0.15) is 8.78 Å². The Morgan fingerprint density at radius 1 is 0.984 bits per heavy atom. The van der Waals surface area contributed by atoms with E-state index in [1.165, 1.54) is 6.92 Å². The summed E-state index contributed by atoms with van der Waals surface area (Å²) in [5.41, 5.74) is -1.41. The predicted octanol–water partition coefficient (Wildman–Crippen LogP) is 9.89. The maximum absolute atomic E-state index is 15.1. The van der Waals surface area contributed by atoms with Crippen molar-refractivity contribution < 1.29 is 55.0 Å². The molecule has 1 saturated heterocycles. The molecule has 1 fully saturated rings. The average molecular weight is 919 g/mol. The highest BCUT2D eigenvalue weighted by molar-refractivity contribution is 7.09. The lowest BCUT2D eigenvalue weighted by atomic mass is 9.91. The van der Waals surface area contributed by atoms with Crippen molar-refractivity contribution in [1.82, 2.24) is 20.1 Å². The number of thiazole rings is 1. The molecule has 62 heavy (non-hydrogen) atoms. The Hall–Kier alpha value is -3.48. The third-order valence-electron chi connectivity index (χ3n) is 12.5. The number of carbonyl (C=O) groups excluding carboxylic acids is 4. The minimum absolute atomic E-state index is 0.0112. The maximum Gasteiger partial charge on any atom is 0.363 e. The molecule has 2 heterocycles. The van der Waals surface area contributed by atoms with Gasteiger partial charge in [-0.05, 0) is 62.7 Å². The van der Waals surface area contributed by atoms with Crippen molar-refractivity contribution in [2.45, 2.75) is 162 Å². The van der Waals surface area contributed by atoms with Gasteiger partial charge in [-0.3, -0.25) is 19.3 Å². The van der Waals surface area contributed by atoms with Crippen molar-refractivity contribution >= 4 is 43.4 Å². The molecule has 0 saturated carbocycles. The van der Waals surface area contributed by atoms with Crippen LogP contribution in [0.3, 0.4) is 0 Å². The van der Waals surface area contributed by atoms with Gasteiger partial charge in [0.25, 0.3) is 0 Å². The monoisotopic (exact) mass is 918 g/mol. The summed E-state index contributed by atoms with van der Waals surface area (Å²) in [5, 5.41) is 4.42. The van der Waals surface area contributed by atoms with Crippen molar-refractivity contribution in [2.24, 2.45) is 11.8 Å². The normalized spacial score (nSPS) is 18.0. The van der Waals surface area contributed by atoms with Crippen molar-refractivity contribution in [3.05, 3.63) is 45.2 Å². The number of benzene rings is 1. The summed E-state index contributed by atoms with van der Waals surface area (Å²) >= 11 is 0.842. The van der Waals surface area contributed by atoms with Gasteiger partial charge < -0.3 is 24.1 Å². The molecule has 350 valence electrons. The molecule has 18 heteroatoms. The largest absolute Gasteiger partial charge is 0.455 e. The van der Waals surface area contributed by atoms with Crippen LogP contribution in [0, 0.1) is 40.9 Å². The zero-order valence-corrected chi connectivity index (χ0v) is 40.3. The van der Waals surface area contributed by atoms with Gasteiger partial charge in [-0.15, -0.1) is 11.3 Å². The summed E-state index contributed by atoms with van der Waals surface area (Å²) in [6.45, 7) is 25.9. The van der Waals surface area contributed by atoms with Crippen molar-refractivity contribution in [1.29, 1.82) is 0 Å². The number of hydrogen-bond acceptors (Lipinski definition) is 10. The van der Waals surface area contributed by atoms with E-state index in [1.807, 2.05) is 34.6 Å². The number of esters is 2. The van der Waals surface area contributed by atoms with Crippen LogP contribution in [0.25, 0.3) is 0 Å².